The first-order valence-corrected chi connectivity index (χ1v) is 12.2. The summed E-state index contributed by atoms with van der Waals surface area (Å²) in [7, 11) is -3.56. The van der Waals surface area contributed by atoms with Crippen molar-refractivity contribution in [2.45, 2.75) is 23.5 Å². The summed E-state index contributed by atoms with van der Waals surface area (Å²) in [5, 5.41) is 3.31. The highest BCUT2D eigenvalue weighted by molar-refractivity contribution is 7.91. The molecule has 1 aromatic heterocycles. The van der Waals surface area contributed by atoms with Crippen LogP contribution in [0.3, 0.4) is 0 Å². The van der Waals surface area contributed by atoms with Crippen LogP contribution in [0.5, 0.6) is 0 Å². The lowest BCUT2D eigenvalue weighted by atomic mass is 10.3. The van der Waals surface area contributed by atoms with E-state index in [4.69, 9.17) is 4.74 Å². The summed E-state index contributed by atoms with van der Waals surface area (Å²) in [5.41, 5.74) is 0. The molecule has 9 nitrogen and oxygen atoms in total. The number of nitrogens with one attached hydrogen (secondary N) is 1. The SMILES string of the molecule is O=C(Nc1ccc(S(=O)(=O)N2CCOCC2)s1)N1CCCN(C(=O)C2CC2)CC1. The molecule has 1 saturated carbocycles. The summed E-state index contributed by atoms with van der Waals surface area (Å²) < 4.78 is 32.3. The third-order valence-corrected chi connectivity index (χ3v) is 8.76. The number of hydrogen-bond acceptors (Lipinski definition) is 6. The molecule has 0 radical (unpaired) electrons. The second-order valence-corrected chi connectivity index (χ2v) is 10.8. The fourth-order valence-corrected chi connectivity index (χ4v) is 6.31. The van der Waals surface area contributed by atoms with E-state index >= 15 is 0 Å². The van der Waals surface area contributed by atoms with Crippen LogP contribution in [0.15, 0.2) is 16.3 Å². The van der Waals surface area contributed by atoms with Gasteiger partial charge in [0.05, 0.1) is 18.2 Å². The van der Waals surface area contributed by atoms with Crippen LogP contribution in [0.25, 0.3) is 0 Å². The molecule has 4 rings (SSSR count). The van der Waals surface area contributed by atoms with Crippen LogP contribution in [0.2, 0.25) is 0 Å². The van der Waals surface area contributed by atoms with Crippen molar-refractivity contribution in [3.63, 3.8) is 0 Å². The van der Waals surface area contributed by atoms with E-state index in [1.807, 2.05) is 4.90 Å². The number of nitrogens with zero attached hydrogens (tertiary/aromatic N) is 3. The van der Waals surface area contributed by atoms with Crippen LogP contribution >= 0.6 is 11.3 Å². The number of hydrogen-bond donors (Lipinski definition) is 1. The van der Waals surface area contributed by atoms with Crippen molar-refractivity contribution in [2.24, 2.45) is 5.92 Å². The van der Waals surface area contributed by atoms with Gasteiger partial charge in [-0.25, -0.2) is 13.2 Å². The molecule has 2 aliphatic heterocycles. The predicted octanol–water partition coefficient (Wildman–Crippen LogP) is 1.25. The monoisotopic (exact) mass is 442 g/mol. The highest BCUT2D eigenvalue weighted by atomic mass is 32.2. The maximum atomic E-state index is 12.7. The first-order valence-electron chi connectivity index (χ1n) is 9.97. The van der Waals surface area contributed by atoms with E-state index in [9.17, 15) is 18.0 Å². The molecule has 1 aromatic rings. The Morgan fingerprint density at radius 1 is 1.00 bits per heavy atom. The van der Waals surface area contributed by atoms with E-state index in [1.54, 1.807) is 11.0 Å². The average molecular weight is 443 g/mol. The second kappa shape index (κ2) is 8.58. The molecule has 1 aliphatic carbocycles. The Hall–Kier alpha value is -1.69. The zero-order chi connectivity index (χ0) is 20.4. The van der Waals surface area contributed by atoms with Gasteiger partial charge in [-0.2, -0.15) is 4.31 Å². The number of ether oxygens (including phenoxy) is 1. The van der Waals surface area contributed by atoms with Crippen LogP contribution < -0.4 is 5.32 Å². The Morgan fingerprint density at radius 2 is 1.69 bits per heavy atom. The van der Waals surface area contributed by atoms with Crippen molar-refractivity contribution in [3.05, 3.63) is 12.1 Å². The lowest BCUT2D eigenvalue weighted by Gasteiger charge is -2.25. The first kappa shape index (κ1) is 20.6. The van der Waals surface area contributed by atoms with Crippen LogP contribution in [0.1, 0.15) is 19.3 Å². The van der Waals surface area contributed by atoms with Gasteiger partial charge in [-0.1, -0.05) is 0 Å². The number of amides is 3. The van der Waals surface area contributed by atoms with Crippen LogP contribution in [-0.2, 0) is 19.6 Å². The molecule has 11 heteroatoms. The summed E-state index contributed by atoms with van der Waals surface area (Å²) in [4.78, 5) is 28.4. The molecule has 29 heavy (non-hydrogen) atoms. The summed E-state index contributed by atoms with van der Waals surface area (Å²) in [6, 6.07) is 2.89. The third-order valence-electron chi connectivity index (χ3n) is 5.40. The standard InChI is InChI=1S/C18H26N4O5S2/c23-17(14-2-3-14)20-6-1-7-21(9-8-20)18(24)19-15-4-5-16(28-15)29(25,26)22-10-12-27-13-11-22/h4-5,14H,1-3,6-13H2,(H,19,24). The zero-order valence-electron chi connectivity index (χ0n) is 16.2. The molecule has 2 saturated heterocycles. The molecule has 160 valence electrons. The van der Waals surface area contributed by atoms with Gasteiger partial charge in [0, 0.05) is 45.2 Å². The van der Waals surface area contributed by atoms with Crippen LogP contribution in [-0.4, -0.2) is 86.9 Å². The summed E-state index contributed by atoms with van der Waals surface area (Å²) in [6.07, 6.45) is 2.70. The van der Waals surface area contributed by atoms with Crippen molar-refractivity contribution < 1.29 is 22.7 Å². The zero-order valence-corrected chi connectivity index (χ0v) is 17.8. The van der Waals surface area contributed by atoms with Crippen molar-refractivity contribution in [1.29, 1.82) is 0 Å². The van der Waals surface area contributed by atoms with E-state index < -0.39 is 10.0 Å². The van der Waals surface area contributed by atoms with Crippen LogP contribution in [0.4, 0.5) is 9.80 Å². The number of rotatable bonds is 4. The molecule has 0 aromatic carbocycles. The topological polar surface area (TPSA) is 99.3 Å². The second-order valence-electron chi connectivity index (χ2n) is 7.51. The largest absolute Gasteiger partial charge is 0.379 e. The summed E-state index contributed by atoms with van der Waals surface area (Å²) in [5.74, 6) is 0.400. The van der Waals surface area contributed by atoms with Crippen molar-refractivity contribution in [1.82, 2.24) is 14.1 Å². The molecule has 1 N–H and O–H groups in total. The number of urea groups is 1. The predicted molar refractivity (Wildman–Crippen MR) is 108 cm³/mol. The van der Waals surface area contributed by atoms with Crippen molar-refractivity contribution >= 4 is 38.3 Å². The molecule has 3 heterocycles. The van der Waals surface area contributed by atoms with E-state index in [0.717, 1.165) is 30.6 Å². The first-order chi connectivity index (χ1) is 13.9. The van der Waals surface area contributed by atoms with Crippen molar-refractivity contribution in [2.75, 3.05) is 57.8 Å². The molecule has 0 unspecified atom stereocenters. The Morgan fingerprint density at radius 3 is 2.41 bits per heavy atom. The van der Waals surface area contributed by atoms with Gasteiger partial charge < -0.3 is 14.5 Å². The minimum atomic E-state index is -3.56. The third kappa shape index (κ3) is 4.73. The molecular formula is C18H26N4O5S2. The maximum absolute atomic E-state index is 12.7. The van der Waals surface area contributed by atoms with E-state index in [0.29, 0.717) is 57.5 Å². The Bertz CT molecular complexity index is 861. The van der Waals surface area contributed by atoms with Crippen molar-refractivity contribution in [3.8, 4) is 0 Å². The lowest BCUT2D eigenvalue weighted by molar-refractivity contribution is -0.132. The molecule has 0 spiro atoms. The van der Waals surface area contributed by atoms with Gasteiger partial charge in [-0.3, -0.25) is 10.1 Å². The Balaban J connectivity index is 1.34. The van der Waals surface area contributed by atoms with Gasteiger partial charge in [0.1, 0.15) is 4.21 Å². The highest BCUT2D eigenvalue weighted by Crippen LogP contribution is 2.31. The number of sulfonamides is 1. The minimum Gasteiger partial charge on any atom is -0.379 e. The Labute approximate surface area is 174 Å². The number of carbonyl (C=O) groups is 2. The van der Waals surface area contributed by atoms with Gasteiger partial charge in [0.15, 0.2) is 0 Å². The smallest absolute Gasteiger partial charge is 0.322 e. The number of anilines is 1. The number of carbonyl (C=O) groups excluding carboxylic acids is 2. The molecule has 3 fully saturated rings. The lowest BCUT2D eigenvalue weighted by Crippen LogP contribution is -2.40. The number of morpholine rings is 1. The average Bonchev–Trinajstić information content (AvgIpc) is 3.51. The van der Waals surface area contributed by atoms with Crippen LogP contribution in [0, 0.1) is 5.92 Å². The van der Waals surface area contributed by atoms with E-state index in [1.165, 1.54) is 10.4 Å². The Kier molecular flexibility index (Phi) is 6.09. The normalized spacial score (nSPS) is 21.7. The van der Waals surface area contributed by atoms with Gasteiger partial charge in [0.25, 0.3) is 10.0 Å². The van der Waals surface area contributed by atoms with Gasteiger partial charge in [-0.05, 0) is 31.4 Å². The molecule has 0 atom stereocenters. The van der Waals surface area contributed by atoms with Gasteiger partial charge in [-0.15, -0.1) is 11.3 Å². The quantitative estimate of drug-likeness (QED) is 0.757. The molecule has 3 aliphatic rings. The minimum absolute atomic E-state index is 0.188. The van der Waals surface area contributed by atoms with Gasteiger partial charge >= 0.3 is 6.03 Å². The molecular weight excluding hydrogens is 416 g/mol. The molecule has 3 amide bonds. The van der Waals surface area contributed by atoms with E-state index in [2.05, 4.69) is 5.32 Å². The number of thiophene rings is 1. The molecule has 0 bridgehead atoms. The summed E-state index contributed by atoms with van der Waals surface area (Å²) >= 11 is 1.06. The maximum Gasteiger partial charge on any atom is 0.322 e. The highest BCUT2D eigenvalue weighted by Gasteiger charge is 2.34. The fraction of sp³-hybridized carbons (Fsp3) is 0.667. The van der Waals surface area contributed by atoms with E-state index in [-0.39, 0.29) is 22.1 Å². The summed E-state index contributed by atoms with van der Waals surface area (Å²) in [6.45, 7) is 3.74. The van der Waals surface area contributed by atoms with Gasteiger partial charge in [0.2, 0.25) is 5.91 Å². The fourth-order valence-electron chi connectivity index (χ4n) is 3.55.